The third-order valence-electron chi connectivity index (χ3n) is 6.27. The molecule has 0 saturated carbocycles. The quantitative estimate of drug-likeness (QED) is 0.412. The largest absolute Gasteiger partial charge is 0.347 e. The lowest BCUT2D eigenvalue weighted by Crippen LogP contribution is -2.25. The molecule has 9 heteroatoms. The first-order valence-electron chi connectivity index (χ1n) is 11.5. The van der Waals surface area contributed by atoms with Crippen molar-refractivity contribution < 1.29 is 21.6 Å². The Kier molecular flexibility index (Phi) is 7.17. The van der Waals surface area contributed by atoms with Crippen molar-refractivity contribution in [2.24, 2.45) is 0 Å². The van der Waals surface area contributed by atoms with Crippen LogP contribution in [0, 0.1) is 5.82 Å². The van der Waals surface area contributed by atoms with Crippen LogP contribution in [0.15, 0.2) is 54.9 Å². The summed E-state index contributed by atoms with van der Waals surface area (Å²) < 4.78 is 65.5. The van der Waals surface area contributed by atoms with Crippen LogP contribution in [0.3, 0.4) is 0 Å². The van der Waals surface area contributed by atoms with Gasteiger partial charge in [-0.15, -0.1) is 0 Å². The molecule has 0 spiro atoms. The fraction of sp³-hybridized carbons (Fsp3) is 0.385. The van der Waals surface area contributed by atoms with E-state index in [1.165, 1.54) is 24.7 Å². The molecule has 1 aliphatic heterocycles. The number of alkyl halides is 2. The van der Waals surface area contributed by atoms with Crippen LogP contribution in [0.5, 0.6) is 0 Å². The van der Waals surface area contributed by atoms with E-state index in [0.29, 0.717) is 30.6 Å². The lowest BCUT2D eigenvalue weighted by molar-refractivity contribution is 0.0174. The molecule has 1 aliphatic rings. The van der Waals surface area contributed by atoms with Crippen molar-refractivity contribution in [1.82, 2.24) is 9.97 Å². The Morgan fingerprint density at radius 3 is 2.29 bits per heavy atom. The summed E-state index contributed by atoms with van der Waals surface area (Å²) in [5.41, 5.74) is 2.77. The van der Waals surface area contributed by atoms with E-state index in [2.05, 4.69) is 9.97 Å². The van der Waals surface area contributed by atoms with E-state index in [9.17, 15) is 17.2 Å². The number of hydrogen-bond donors (Lipinski definition) is 0. The van der Waals surface area contributed by atoms with Gasteiger partial charge >= 0.3 is 0 Å². The molecular weight excluding hydrogens is 475 g/mol. The maximum absolute atomic E-state index is 15.5. The lowest BCUT2D eigenvalue weighted by Gasteiger charge is -2.27. The molecule has 0 N–H and O–H groups in total. The van der Waals surface area contributed by atoms with Crippen LogP contribution in [0.2, 0.25) is 0 Å². The Morgan fingerprint density at radius 1 is 1.00 bits per heavy atom. The van der Waals surface area contributed by atoms with Gasteiger partial charge in [-0.2, -0.15) is 0 Å². The molecule has 5 nitrogen and oxygen atoms in total. The summed E-state index contributed by atoms with van der Waals surface area (Å²) in [5.74, 6) is -3.16. The molecule has 2 aromatic carbocycles. The van der Waals surface area contributed by atoms with Crippen LogP contribution in [0.25, 0.3) is 0 Å². The van der Waals surface area contributed by atoms with Gasteiger partial charge in [0, 0.05) is 25.3 Å². The molecule has 0 aliphatic carbocycles. The van der Waals surface area contributed by atoms with Gasteiger partial charge in [-0.3, -0.25) is 0 Å². The molecule has 1 atom stereocenters. The minimum absolute atomic E-state index is 0.0161. The number of aromatic nitrogens is 2. The highest BCUT2D eigenvalue weighted by Gasteiger charge is 2.31. The summed E-state index contributed by atoms with van der Waals surface area (Å²) in [5, 5.41) is 0. The first-order chi connectivity index (χ1) is 16.5. The van der Waals surface area contributed by atoms with Gasteiger partial charge in [-0.05, 0) is 42.4 Å². The van der Waals surface area contributed by atoms with E-state index >= 15 is 4.39 Å². The van der Waals surface area contributed by atoms with Crippen molar-refractivity contribution in [3.05, 3.63) is 88.6 Å². The smallest absolute Gasteiger partial charge is 0.270 e. The van der Waals surface area contributed by atoms with Crippen LogP contribution >= 0.6 is 0 Å². The van der Waals surface area contributed by atoms with Gasteiger partial charge in [0.15, 0.2) is 21.5 Å². The number of halogens is 3. The van der Waals surface area contributed by atoms with E-state index in [4.69, 9.17) is 0 Å². The molecule has 0 amide bonds. The number of sulfone groups is 1. The van der Waals surface area contributed by atoms with E-state index in [0.717, 1.165) is 30.9 Å². The zero-order chi connectivity index (χ0) is 25.2. The Balaban J connectivity index is 1.48. The molecule has 2 heterocycles. The fourth-order valence-corrected chi connectivity index (χ4v) is 5.30. The van der Waals surface area contributed by atoms with Gasteiger partial charge < -0.3 is 4.90 Å². The Morgan fingerprint density at radius 2 is 1.66 bits per heavy atom. The van der Waals surface area contributed by atoms with Crippen molar-refractivity contribution in [2.75, 3.05) is 17.7 Å². The first kappa shape index (κ1) is 25.2. The molecule has 4 rings (SSSR count). The summed E-state index contributed by atoms with van der Waals surface area (Å²) in [6.45, 7) is 1.48. The highest BCUT2D eigenvalue weighted by Crippen LogP contribution is 2.37. The number of benzene rings is 2. The van der Waals surface area contributed by atoms with Crippen LogP contribution in [-0.4, -0.2) is 31.2 Å². The zero-order valence-corrected chi connectivity index (χ0v) is 20.5. The summed E-state index contributed by atoms with van der Waals surface area (Å²) in [6, 6.07) is 13.3. The standard InChI is InChI=1S/C26H28F3N3O2S/c1-26(28,29)21-12-10-20(11-13-21)23-4-3-15-32(23)25-24(27)22(30-17-31-25)14-9-18-5-7-19(8-6-18)16-35(2,33)34/h5-8,10-13,17,23H,3-4,9,14-16H2,1-2H3. The minimum Gasteiger partial charge on any atom is -0.347 e. The average molecular weight is 504 g/mol. The van der Waals surface area contributed by atoms with Crippen LogP contribution in [-0.2, 0) is 34.4 Å². The van der Waals surface area contributed by atoms with Crippen LogP contribution in [0.4, 0.5) is 19.0 Å². The molecule has 1 fully saturated rings. The third-order valence-corrected chi connectivity index (χ3v) is 7.13. The second-order valence-electron chi connectivity index (χ2n) is 9.21. The number of aryl methyl sites for hydroxylation is 2. The van der Waals surface area contributed by atoms with Gasteiger partial charge in [0.05, 0.1) is 17.5 Å². The maximum atomic E-state index is 15.5. The molecule has 35 heavy (non-hydrogen) atoms. The summed E-state index contributed by atoms with van der Waals surface area (Å²) >= 11 is 0. The van der Waals surface area contributed by atoms with Gasteiger partial charge in [0.25, 0.3) is 5.92 Å². The van der Waals surface area contributed by atoms with Crippen LogP contribution < -0.4 is 4.90 Å². The van der Waals surface area contributed by atoms with Crippen molar-refractivity contribution in [2.45, 2.75) is 50.3 Å². The van der Waals surface area contributed by atoms with Gasteiger partial charge in [-0.1, -0.05) is 48.5 Å². The molecule has 0 radical (unpaired) electrons. The monoisotopic (exact) mass is 503 g/mol. The SMILES string of the molecule is CC(F)(F)c1ccc(C2CCCN2c2ncnc(CCc3ccc(CS(C)(=O)=O)cc3)c2F)cc1. The summed E-state index contributed by atoms with van der Waals surface area (Å²) in [6.07, 6.45) is 5.09. The van der Waals surface area contributed by atoms with Gasteiger partial charge in [0.1, 0.15) is 6.33 Å². The highest BCUT2D eigenvalue weighted by atomic mass is 32.2. The molecule has 186 valence electrons. The minimum atomic E-state index is -3.10. The topological polar surface area (TPSA) is 63.2 Å². The lowest BCUT2D eigenvalue weighted by atomic mass is 10.0. The number of nitrogens with zero attached hydrogens (tertiary/aromatic N) is 3. The van der Waals surface area contributed by atoms with Crippen LogP contribution in [0.1, 0.15) is 53.8 Å². The maximum Gasteiger partial charge on any atom is 0.270 e. The van der Waals surface area contributed by atoms with E-state index < -0.39 is 21.6 Å². The second kappa shape index (κ2) is 9.97. The molecular formula is C26H28F3N3O2S. The Bertz CT molecular complexity index is 1270. The number of anilines is 1. The van der Waals surface area contributed by atoms with Crippen molar-refractivity contribution in [3.63, 3.8) is 0 Å². The van der Waals surface area contributed by atoms with E-state index in [1.54, 1.807) is 24.3 Å². The Hall–Kier alpha value is -2.94. The predicted molar refractivity (Wildman–Crippen MR) is 130 cm³/mol. The van der Waals surface area contributed by atoms with E-state index in [1.807, 2.05) is 17.0 Å². The van der Waals surface area contributed by atoms with E-state index in [-0.39, 0.29) is 23.2 Å². The number of hydrogen-bond acceptors (Lipinski definition) is 5. The second-order valence-corrected chi connectivity index (χ2v) is 11.3. The normalized spacial score (nSPS) is 16.6. The average Bonchev–Trinajstić information content (AvgIpc) is 3.27. The molecule has 0 bridgehead atoms. The van der Waals surface area contributed by atoms with Crippen molar-refractivity contribution in [3.8, 4) is 0 Å². The molecule has 1 unspecified atom stereocenters. The zero-order valence-electron chi connectivity index (χ0n) is 19.7. The van der Waals surface area contributed by atoms with Crippen molar-refractivity contribution >= 4 is 15.7 Å². The van der Waals surface area contributed by atoms with Crippen molar-refractivity contribution in [1.29, 1.82) is 0 Å². The highest BCUT2D eigenvalue weighted by molar-refractivity contribution is 7.89. The third kappa shape index (κ3) is 6.20. The summed E-state index contributed by atoms with van der Waals surface area (Å²) in [7, 11) is -3.10. The predicted octanol–water partition coefficient (Wildman–Crippen LogP) is 5.40. The first-order valence-corrected chi connectivity index (χ1v) is 13.6. The number of rotatable bonds is 8. The molecule has 1 saturated heterocycles. The molecule has 1 aromatic heterocycles. The van der Waals surface area contributed by atoms with Gasteiger partial charge in [-0.25, -0.2) is 31.6 Å². The van der Waals surface area contributed by atoms with Gasteiger partial charge in [0.2, 0.25) is 0 Å². The summed E-state index contributed by atoms with van der Waals surface area (Å²) in [4.78, 5) is 10.3. The Labute approximate surface area is 204 Å². The fourth-order valence-electron chi connectivity index (χ4n) is 4.50. The molecule has 3 aromatic rings.